The van der Waals surface area contributed by atoms with Crippen LogP contribution in [-0.2, 0) is 9.53 Å². The lowest BCUT2D eigenvalue weighted by Gasteiger charge is -2.15. The van der Waals surface area contributed by atoms with Gasteiger partial charge in [-0.1, -0.05) is 35.4 Å². The minimum atomic E-state index is -0.436. The molecule has 124 valence electrons. The Morgan fingerprint density at radius 3 is 2.64 bits per heavy atom. The van der Waals surface area contributed by atoms with Crippen molar-refractivity contribution in [3.05, 3.63) is 82.1 Å². The zero-order chi connectivity index (χ0) is 17.4. The third-order valence-electron chi connectivity index (χ3n) is 4.07. The third-order valence-corrected chi connectivity index (χ3v) is 4.07. The van der Waals surface area contributed by atoms with Crippen LogP contribution in [-0.4, -0.2) is 18.5 Å². The molecule has 4 nitrogen and oxygen atoms in total. The van der Waals surface area contributed by atoms with Gasteiger partial charge in [-0.15, -0.1) is 0 Å². The van der Waals surface area contributed by atoms with Gasteiger partial charge in [0.25, 0.3) is 0 Å². The Bertz CT molecular complexity index is 947. The van der Waals surface area contributed by atoms with Gasteiger partial charge in [-0.3, -0.25) is 0 Å². The summed E-state index contributed by atoms with van der Waals surface area (Å²) in [7, 11) is 0. The molecule has 4 rings (SSSR count). The molecule has 0 bridgehead atoms. The Hall–Kier alpha value is -3.14. The minimum Gasteiger partial charge on any atom is -0.488 e. The van der Waals surface area contributed by atoms with E-state index in [1.807, 2.05) is 56.3 Å². The van der Waals surface area contributed by atoms with Crippen molar-refractivity contribution in [3.8, 4) is 5.75 Å². The van der Waals surface area contributed by atoms with Crippen molar-refractivity contribution < 1.29 is 14.3 Å². The minimum absolute atomic E-state index is 0.295. The van der Waals surface area contributed by atoms with Crippen molar-refractivity contribution in [1.82, 2.24) is 0 Å². The average Bonchev–Trinajstić information content (AvgIpc) is 2.95. The van der Waals surface area contributed by atoms with E-state index in [9.17, 15) is 4.79 Å². The SMILES string of the molecule is Cc1cc(C)cc(C2=N/C(=C\C3=Cc4ccccc4OC3)C(=O)O2)c1. The number of ether oxygens (including phenoxy) is 2. The number of fused-ring (bicyclic) bond motifs is 1. The first-order valence-electron chi connectivity index (χ1n) is 8.12. The zero-order valence-electron chi connectivity index (χ0n) is 14.1. The summed E-state index contributed by atoms with van der Waals surface area (Å²) in [6.45, 7) is 4.42. The summed E-state index contributed by atoms with van der Waals surface area (Å²) in [4.78, 5) is 16.6. The van der Waals surface area contributed by atoms with E-state index in [0.717, 1.165) is 33.6 Å². The standard InChI is InChI=1S/C21H17NO3/c1-13-7-14(2)9-17(8-13)20-22-18(21(23)25-20)11-15-10-16-5-3-4-6-19(16)24-12-15/h3-11H,12H2,1-2H3/b18-11-. The molecule has 0 fully saturated rings. The van der Waals surface area contributed by atoms with E-state index < -0.39 is 5.97 Å². The maximum absolute atomic E-state index is 12.2. The summed E-state index contributed by atoms with van der Waals surface area (Å²) >= 11 is 0. The van der Waals surface area contributed by atoms with Crippen molar-refractivity contribution in [2.45, 2.75) is 13.8 Å². The molecule has 0 spiro atoms. The van der Waals surface area contributed by atoms with Gasteiger partial charge in [0.15, 0.2) is 5.70 Å². The van der Waals surface area contributed by atoms with E-state index in [1.54, 1.807) is 6.08 Å². The summed E-state index contributed by atoms with van der Waals surface area (Å²) in [6, 6.07) is 13.8. The first-order valence-corrected chi connectivity index (χ1v) is 8.12. The van der Waals surface area contributed by atoms with Gasteiger partial charge in [0.1, 0.15) is 12.4 Å². The highest BCUT2D eigenvalue weighted by molar-refractivity contribution is 6.11. The van der Waals surface area contributed by atoms with E-state index >= 15 is 0 Å². The largest absolute Gasteiger partial charge is 0.488 e. The van der Waals surface area contributed by atoms with E-state index in [2.05, 4.69) is 11.1 Å². The Morgan fingerprint density at radius 2 is 1.84 bits per heavy atom. The van der Waals surface area contributed by atoms with E-state index in [4.69, 9.17) is 9.47 Å². The van der Waals surface area contributed by atoms with Crippen LogP contribution in [0.4, 0.5) is 0 Å². The monoisotopic (exact) mass is 331 g/mol. The predicted molar refractivity (Wildman–Crippen MR) is 96.5 cm³/mol. The first-order chi connectivity index (χ1) is 12.1. The fraction of sp³-hybridized carbons (Fsp3) is 0.143. The molecular formula is C21H17NO3. The van der Waals surface area contributed by atoms with E-state index in [1.165, 1.54) is 0 Å². The first kappa shape index (κ1) is 15.4. The molecule has 0 atom stereocenters. The summed E-state index contributed by atoms with van der Waals surface area (Å²) in [5, 5.41) is 0. The molecule has 0 aliphatic carbocycles. The van der Waals surface area contributed by atoms with Crippen LogP contribution < -0.4 is 4.74 Å². The molecule has 2 aromatic carbocycles. The van der Waals surface area contributed by atoms with Crippen LogP contribution in [0.15, 0.2) is 64.8 Å². The van der Waals surface area contributed by atoms with Crippen LogP contribution in [0.2, 0.25) is 0 Å². The van der Waals surface area contributed by atoms with Crippen LogP contribution in [0.5, 0.6) is 5.75 Å². The fourth-order valence-corrected chi connectivity index (χ4v) is 3.02. The molecule has 0 unspecified atom stereocenters. The van der Waals surface area contributed by atoms with Gasteiger partial charge in [-0.05, 0) is 49.8 Å². The number of esters is 1. The number of carbonyl (C=O) groups excluding carboxylic acids is 1. The molecule has 0 aromatic heterocycles. The van der Waals surface area contributed by atoms with E-state index in [0.29, 0.717) is 18.2 Å². The number of aryl methyl sites for hydroxylation is 2. The predicted octanol–water partition coefficient (Wildman–Crippen LogP) is 3.97. The van der Waals surface area contributed by atoms with Gasteiger partial charge < -0.3 is 9.47 Å². The molecule has 0 saturated carbocycles. The number of aliphatic imine (C=N–C) groups is 1. The van der Waals surface area contributed by atoms with Gasteiger partial charge in [0.2, 0.25) is 5.90 Å². The van der Waals surface area contributed by atoms with Crippen molar-refractivity contribution >= 4 is 17.9 Å². The van der Waals surface area contributed by atoms with Crippen molar-refractivity contribution in [2.75, 3.05) is 6.61 Å². The second-order valence-corrected chi connectivity index (χ2v) is 6.26. The number of hydrogen-bond donors (Lipinski definition) is 0. The molecule has 0 saturated heterocycles. The Labute approximate surface area is 146 Å². The topological polar surface area (TPSA) is 47.9 Å². The number of cyclic esters (lactones) is 1. The van der Waals surface area contributed by atoms with Crippen molar-refractivity contribution in [3.63, 3.8) is 0 Å². The smallest absolute Gasteiger partial charge is 0.363 e. The Morgan fingerprint density at radius 1 is 1.08 bits per heavy atom. The normalized spacial score (nSPS) is 17.5. The molecule has 25 heavy (non-hydrogen) atoms. The van der Waals surface area contributed by atoms with Gasteiger partial charge in [0.05, 0.1) is 0 Å². The van der Waals surface area contributed by atoms with Gasteiger partial charge in [-0.2, -0.15) is 0 Å². The van der Waals surface area contributed by atoms with Crippen LogP contribution in [0.3, 0.4) is 0 Å². The number of nitrogens with zero attached hydrogens (tertiary/aromatic N) is 1. The number of para-hydroxylation sites is 1. The number of hydrogen-bond acceptors (Lipinski definition) is 4. The number of benzene rings is 2. The Kier molecular flexibility index (Phi) is 3.73. The molecule has 0 radical (unpaired) electrons. The second kappa shape index (κ2) is 6.06. The molecule has 0 N–H and O–H groups in total. The Balaban J connectivity index is 1.67. The quantitative estimate of drug-likeness (QED) is 0.618. The van der Waals surface area contributed by atoms with Crippen LogP contribution >= 0.6 is 0 Å². The molecule has 2 aromatic rings. The summed E-state index contributed by atoms with van der Waals surface area (Å²) < 4.78 is 11.1. The summed E-state index contributed by atoms with van der Waals surface area (Å²) in [5.41, 5.74) is 5.19. The molecule has 2 heterocycles. The van der Waals surface area contributed by atoms with Crippen LogP contribution in [0.25, 0.3) is 6.08 Å². The lowest BCUT2D eigenvalue weighted by molar-refractivity contribution is -0.130. The van der Waals surface area contributed by atoms with Gasteiger partial charge >= 0.3 is 5.97 Å². The average molecular weight is 331 g/mol. The van der Waals surface area contributed by atoms with E-state index in [-0.39, 0.29) is 0 Å². The van der Waals surface area contributed by atoms with Crippen LogP contribution in [0, 0.1) is 13.8 Å². The molecule has 4 heteroatoms. The van der Waals surface area contributed by atoms with Crippen molar-refractivity contribution in [2.24, 2.45) is 4.99 Å². The molecule has 2 aliphatic rings. The number of rotatable bonds is 2. The molecule has 2 aliphatic heterocycles. The maximum Gasteiger partial charge on any atom is 0.363 e. The van der Waals surface area contributed by atoms with Crippen molar-refractivity contribution in [1.29, 1.82) is 0 Å². The summed E-state index contributed by atoms with van der Waals surface area (Å²) in [5.74, 6) is 0.757. The highest BCUT2D eigenvalue weighted by Crippen LogP contribution is 2.27. The zero-order valence-corrected chi connectivity index (χ0v) is 14.1. The fourth-order valence-electron chi connectivity index (χ4n) is 3.02. The highest BCUT2D eigenvalue weighted by atomic mass is 16.6. The lowest BCUT2D eigenvalue weighted by Crippen LogP contribution is -2.08. The van der Waals surface area contributed by atoms with Crippen LogP contribution in [0.1, 0.15) is 22.3 Å². The third kappa shape index (κ3) is 3.11. The van der Waals surface area contributed by atoms with Gasteiger partial charge in [-0.25, -0.2) is 9.79 Å². The molecule has 0 amide bonds. The maximum atomic E-state index is 12.2. The highest BCUT2D eigenvalue weighted by Gasteiger charge is 2.25. The molecular weight excluding hydrogens is 314 g/mol. The summed E-state index contributed by atoms with van der Waals surface area (Å²) in [6.07, 6.45) is 3.73. The van der Waals surface area contributed by atoms with Gasteiger partial charge in [0, 0.05) is 11.1 Å². The number of carbonyl (C=O) groups is 1. The second-order valence-electron chi connectivity index (χ2n) is 6.26. The lowest BCUT2D eigenvalue weighted by atomic mass is 10.1.